The molecule has 10 heteroatoms. The average Bonchev–Trinajstić information content (AvgIpc) is 2.80. The van der Waals surface area contributed by atoms with E-state index in [0.29, 0.717) is 64.0 Å². The minimum absolute atomic E-state index is 0.0793. The monoisotopic (exact) mass is 412 g/mol. The van der Waals surface area contributed by atoms with Gasteiger partial charge in [0.05, 0.1) is 37.8 Å². The fourth-order valence-corrected chi connectivity index (χ4v) is 2.95. The normalized spacial score (nSPS) is 17.2. The van der Waals surface area contributed by atoms with Crippen LogP contribution >= 0.6 is 0 Å². The molecule has 0 atom stereocenters. The van der Waals surface area contributed by atoms with Crippen LogP contribution in [0.5, 0.6) is 0 Å². The number of nitrogens with one attached hydrogen (secondary N) is 4. The van der Waals surface area contributed by atoms with Crippen LogP contribution in [0.1, 0.15) is 20.7 Å². The van der Waals surface area contributed by atoms with Gasteiger partial charge >= 0.3 is 0 Å². The lowest BCUT2D eigenvalue weighted by molar-refractivity contribution is 0.0704. The fourth-order valence-electron chi connectivity index (χ4n) is 2.95. The van der Waals surface area contributed by atoms with E-state index in [9.17, 15) is 9.59 Å². The molecule has 1 fully saturated rings. The molecular weight excluding hydrogens is 384 g/mol. The number of pyridine rings is 2. The summed E-state index contributed by atoms with van der Waals surface area (Å²) < 4.78 is 0. The molecule has 3 heterocycles. The van der Waals surface area contributed by atoms with Gasteiger partial charge in [0.25, 0.3) is 11.8 Å². The minimum atomic E-state index is -0.0793. The Hall–Kier alpha value is -2.92. The van der Waals surface area contributed by atoms with E-state index in [2.05, 4.69) is 31.2 Å². The van der Waals surface area contributed by atoms with Crippen LogP contribution in [0.3, 0.4) is 0 Å². The van der Waals surface area contributed by atoms with Gasteiger partial charge in [0.2, 0.25) is 0 Å². The lowest BCUT2D eigenvalue weighted by atomic mass is 10.2. The Kier molecular flexibility index (Phi) is 8.66. The van der Waals surface area contributed by atoms with Gasteiger partial charge in [-0.2, -0.15) is 0 Å². The van der Waals surface area contributed by atoms with Gasteiger partial charge in [0, 0.05) is 51.0 Å². The van der Waals surface area contributed by atoms with Crippen LogP contribution in [0.25, 0.3) is 0 Å². The molecule has 0 spiro atoms. The smallest absolute Gasteiger partial charge is 0.257 e. The van der Waals surface area contributed by atoms with Crippen molar-refractivity contribution >= 4 is 11.8 Å². The molecule has 0 aliphatic carbocycles. The average molecular weight is 412 g/mol. The second-order valence-corrected chi connectivity index (χ2v) is 6.81. The Morgan fingerprint density at radius 2 is 1.03 bits per heavy atom. The number of hydrogen-bond acceptors (Lipinski definition) is 8. The molecule has 0 aromatic carbocycles. The molecule has 0 radical (unpaired) electrons. The number of aromatic nitrogens is 2. The number of carbonyl (C=O) groups excluding carboxylic acids is 2. The lowest BCUT2D eigenvalue weighted by Gasteiger charge is -2.26. The first-order valence-electron chi connectivity index (χ1n) is 9.97. The molecule has 1 aliphatic rings. The first kappa shape index (κ1) is 21.8. The van der Waals surface area contributed by atoms with E-state index in [1.165, 1.54) is 0 Å². The summed E-state index contributed by atoms with van der Waals surface area (Å²) in [5.74, 6) is -0.159. The van der Waals surface area contributed by atoms with Crippen LogP contribution in [0.15, 0.2) is 49.1 Å². The molecule has 0 bridgehead atoms. The summed E-state index contributed by atoms with van der Waals surface area (Å²) in [5.41, 5.74) is 1.12. The second kappa shape index (κ2) is 11.9. The van der Waals surface area contributed by atoms with Crippen LogP contribution in [0.4, 0.5) is 0 Å². The van der Waals surface area contributed by atoms with Gasteiger partial charge in [-0.1, -0.05) is 0 Å². The molecule has 30 heavy (non-hydrogen) atoms. The Balaban J connectivity index is 1.54. The largest absolute Gasteiger partial charge is 0.313 e. The predicted molar refractivity (Wildman–Crippen MR) is 112 cm³/mol. The topological polar surface area (TPSA) is 115 Å². The standard InChI is InChI=1S/C20H28N8O2/c29-19(17-3-1-5-21-11-17)27-13-23-7-9-25-15-28(16-26-10-8-24-14-27)20(30)18-4-2-6-22-12-18/h1-6,11-12,23-26H,7-10,13-16H2. The van der Waals surface area contributed by atoms with Gasteiger partial charge in [-0.05, 0) is 24.3 Å². The highest BCUT2D eigenvalue weighted by atomic mass is 16.2. The number of nitrogens with zero attached hydrogens (tertiary/aromatic N) is 4. The van der Waals surface area contributed by atoms with E-state index in [-0.39, 0.29) is 11.8 Å². The summed E-state index contributed by atoms with van der Waals surface area (Å²) in [7, 11) is 0. The third kappa shape index (κ3) is 6.56. The number of rotatable bonds is 2. The maximum atomic E-state index is 12.7. The van der Waals surface area contributed by atoms with Gasteiger partial charge < -0.3 is 9.80 Å². The third-order valence-corrected chi connectivity index (χ3v) is 4.56. The van der Waals surface area contributed by atoms with Gasteiger partial charge in [-0.15, -0.1) is 0 Å². The molecule has 2 amide bonds. The zero-order valence-corrected chi connectivity index (χ0v) is 16.9. The third-order valence-electron chi connectivity index (χ3n) is 4.56. The summed E-state index contributed by atoms with van der Waals surface area (Å²) in [5, 5.41) is 13.1. The summed E-state index contributed by atoms with van der Waals surface area (Å²) in [6.07, 6.45) is 6.45. The summed E-state index contributed by atoms with van der Waals surface area (Å²) >= 11 is 0. The molecule has 4 N–H and O–H groups in total. The highest BCUT2D eigenvalue weighted by molar-refractivity contribution is 5.94. The minimum Gasteiger partial charge on any atom is -0.313 e. The predicted octanol–water partition coefficient (Wildman–Crippen LogP) is -0.737. The number of carbonyl (C=O) groups is 2. The first-order valence-corrected chi connectivity index (χ1v) is 9.97. The highest BCUT2D eigenvalue weighted by Crippen LogP contribution is 2.03. The van der Waals surface area contributed by atoms with E-state index in [4.69, 9.17) is 0 Å². The Bertz CT molecular complexity index is 706. The lowest BCUT2D eigenvalue weighted by Crippen LogP contribution is -2.50. The van der Waals surface area contributed by atoms with Crippen molar-refractivity contribution in [3.8, 4) is 0 Å². The maximum Gasteiger partial charge on any atom is 0.257 e. The SMILES string of the molecule is O=C(c1cccnc1)N1CNCCNCN(C(=O)c2cccnc2)CNCCNC1. The zero-order chi connectivity index (χ0) is 21.0. The van der Waals surface area contributed by atoms with Crippen molar-refractivity contribution in [3.05, 3.63) is 60.2 Å². The Morgan fingerprint density at radius 1 is 0.667 bits per heavy atom. The van der Waals surface area contributed by atoms with Crippen molar-refractivity contribution in [2.45, 2.75) is 0 Å². The van der Waals surface area contributed by atoms with E-state index >= 15 is 0 Å². The van der Waals surface area contributed by atoms with E-state index in [1.807, 2.05) is 0 Å². The van der Waals surface area contributed by atoms with Crippen LogP contribution in [-0.4, -0.2) is 84.4 Å². The van der Waals surface area contributed by atoms with E-state index < -0.39 is 0 Å². The summed E-state index contributed by atoms with van der Waals surface area (Å²) in [4.78, 5) is 36.9. The molecule has 0 unspecified atom stereocenters. The molecule has 10 nitrogen and oxygen atoms in total. The van der Waals surface area contributed by atoms with Crippen molar-refractivity contribution in [1.29, 1.82) is 0 Å². The van der Waals surface area contributed by atoms with Gasteiger partial charge in [0.15, 0.2) is 0 Å². The highest BCUT2D eigenvalue weighted by Gasteiger charge is 2.17. The van der Waals surface area contributed by atoms with E-state index in [0.717, 1.165) is 0 Å². The quantitative estimate of drug-likeness (QED) is 0.510. The van der Waals surface area contributed by atoms with Gasteiger partial charge in [0.1, 0.15) is 0 Å². The van der Waals surface area contributed by atoms with Gasteiger partial charge in [-0.25, -0.2) is 0 Å². The van der Waals surface area contributed by atoms with E-state index in [1.54, 1.807) is 58.9 Å². The second-order valence-electron chi connectivity index (χ2n) is 6.81. The molecule has 1 aliphatic heterocycles. The molecular formula is C20H28N8O2. The van der Waals surface area contributed by atoms with Gasteiger partial charge in [-0.3, -0.25) is 40.8 Å². The van der Waals surface area contributed by atoms with Crippen molar-refractivity contribution < 1.29 is 9.59 Å². The molecule has 2 aromatic rings. The number of hydrogen-bond donors (Lipinski definition) is 4. The molecule has 3 rings (SSSR count). The molecule has 1 saturated heterocycles. The fraction of sp³-hybridized carbons (Fsp3) is 0.400. The van der Waals surface area contributed by atoms with Crippen LogP contribution in [0.2, 0.25) is 0 Å². The summed E-state index contributed by atoms with van der Waals surface area (Å²) in [6, 6.07) is 7.03. The first-order chi connectivity index (χ1) is 14.8. The summed E-state index contributed by atoms with van der Waals surface area (Å²) in [6.45, 7) is 4.25. The molecule has 160 valence electrons. The molecule has 2 aromatic heterocycles. The zero-order valence-electron chi connectivity index (χ0n) is 16.9. The maximum absolute atomic E-state index is 12.7. The van der Waals surface area contributed by atoms with Crippen LogP contribution in [-0.2, 0) is 0 Å². The van der Waals surface area contributed by atoms with Crippen LogP contribution in [0, 0.1) is 0 Å². The van der Waals surface area contributed by atoms with Crippen molar-refractivity contribution in [2.24, 2.45) is 0 Å². The van der Waals surface area contributed by atoms with Crippen LogP contribution < -0.4 is 21.3 Å². The van der Waals surface area contributed by atoms with Crippen molar-refractivity contribution in [3.63, 3.8) is 0 Å². The Labute approximate surface area is 176 Å². The van der Waals surface area contributed by atoms with Crippen molar-refractivity contribution in [1.82, 2.24) is 41.0 Å². The number of amides is 2. The Morgan fingerprint density at radius 3 is 1.33 bits per heavy atom. The molecule has 0 saturated carbocycles. The van der Waals surface area contributed by atoms with Crippen molar-refractivity contribution in [2.75, 3.05) is 52.9 Å².